The fourth-order valence-electron chi connectivity index (χ4n) is 3.14. The fourth-order valence-corrected chi connectivity index (χ4v) is 3.14. The average molecular weight is 182 g/mol. The van der Waals surface area contributed by atoms with Crippen LogP contribution in [-0.4, -0.2) is 0 Å². The van der Waals surface area contributed by atoms with Gasteiger partial charge in [0.25, 0.3) is 0 Å². The summed E-state index contributed by atoms with van der Waals surface area (Å²) in [5.41, 5.74) is 0.684. The van der Waals surface area contributed by atoms with Crippen molar-refractivity contribution in [2.24, 2.45) is 23.2 Å². The fraction of sp³-hybridized carbons (Fsp3) is 1.00. The van der Waals surface area contributed by atoms with Gasteiger partial charge in [-0.2, -0.15) is 0 Å². The standard InChI is InChI=1S/C13H26/c1-6-11(4)9-13(5)8-7-12(13)10(2)3/h10-12H,6-9H2,1-5H3. The van der Waals surface area contributed by atoms with Crippen LogP contribution in [0.2, 0.25) is 0 Å². The third-order valence-electron chi connectivity index (χ3n) is 4.24. The van der Waals surface area contributed by atoms with Crippen LogP contribution in [-0.2, 0) is 0 Å². The number of hydrogen-bond donors (Lipinski definition) is 0. The molecule has 1 fully saturated rings. The molecular weight excluding hydrogens is 156 g/mol. The van der Waals surface area contributed by atoms with Crippen LogP contribution in [0.4, 0.5) is 0 Å². The predicted octanol–water partition coefficient (Wildman–Crippen LogP) is 4.49. The highest BCUT2D eigenvalue weighted by Gasteiger charge is 2.44. The molecule has 0 amide bonds. The Labute approximate surface area is 84.1 Å². The summed E-state index contributed by atoms with van der Waals surface area (Å²) in [6, 6.07) is 0. The molecule has 0 aromatic carbocycles. The summed E-state index contributed by atoms with van der Waals surface area (Å²) in [6.45, 7) is 12.0. The average Bonchev–Trinajstić information content (AvgIpc) is 2.01. The van der Waals surface area contributed by atoms with Crippen molar-refractivity contribution in [1.29, 1.82) is 0 Å². The Morgan fingerprint density at radius 1 is 1.31 bits per heavy atom. The smallest absolute Gasteiger partial charge is 0.0292 e. The summed E-state index contributed by atoms with van der Waals surface area (Å²) in [6.07, 6.45) is 5.75. The lowest BCUT2D eigenvalue weighted by atomic mass is 9.54. The number of rotatable bonds is 4. The lowest BCUT2D eigenvalue weighted by Crippen LogP contribution is -2.41. The van der Waals surface area contributed by atoms with E-state index in [1.54, 1.807) is 0 Å². The van der Waals surface area contributed by atoms with Gasteiger partial charge in [0.15, 0.2) is 0 Å². The first-order valence-electron chi connectivity index (χ1n) is 5.99. The normalized spacial score (nSPS) is 36.0. The molecule has 0 spiro atoms. The van der Waals surface area contributed by atoms with Crippen molar-refractivity contribution >= 4 is 0 Å². The highest BCUT2D eigenvalue weighted by atomic mass is 14.5. The molecule has 0 N–H and O–H groups in total. The summed E-state index contributed by atoms with van der Waals surface area (Å²) in [5.74, 6) is 2.82. The molecule has 0 nitrogen and oxygen atoms in total. The van der Waals surface area contributed by atoms with Crippen LogP contribution < -0.4 is 0 Å². The summed E-state index contributed by atoms with van der Waals surface area (Å²) >= 11 is 0. The SMILES string of the molecule is CCC(C)CC1(C)CCC1C(C)C. The maximum Gasteiger partial charge on any atom is -0.0292 e. The third-order valence-corrected chi connectivity index (χ3v) is 4.24. The first-order chi connectivity index (χ1) is 5.99. The zero-order valence-corrected chi connectivity index (χ0v) is 10.1. The van der Waals surface area contributed by atoms with Gasteiger partial charge in [-0.05, 0) is 42.4 Å². The monoisotopic (exact) mass is 182 g/mol. The van der Waals surface area contributed by atoms with Gasteiger partial charge in [-0.25, -0.2) is 0 Å². The summed E-state index contributed by atoms with van der Waals surface area (Å²) in [7, 11) is 0. The van der Waals surface area contributed by atoms with Crippen molar-refractivity contribution in [3.05, 3.63) is 0 Å². The molecular formula is C13H26. The van der Waals surface area contributed by atoms with E-state index in [0.29, 0.717) is 5.41 Å². The summed E-state index contributed by atoms with van der Waals surface area (Å²) in [4.78, 5) is 0. The minimum atomic E-state index is 0.684. The first kappa shape index (κ1) is 11.1. The second kappa shape index (κ2) is 4.02. The first-order valence-corrected chi connectivity index (χ1v) is 5.99. The molecule has 0 aliphatic heterocycles. The van der Waals surface area contributed by atoms with E-state index in [2.05, 4.69) is 34.6 Å². The minimum absolute atomic E-state index is 0.684. The van der Waals surface area contributed by atoms with Crippen molar-refractivity contribution in [3.8, 4) is 0 Å². The Bertz CT molecular complexity index is 159. The van der Waals surface area contributed by atoms with Gasteiger partial charge in [0.05, 0.1) is 0 Å². The van der Waals surface area contributed by atoms with Crippen molar-refractivity contribution in [3.63, 3.8) is 0 Å². The molecule has 0 aromatic rings. The molecule has 1 saturated carbocycles. The molecule has 0 bridgehead atoms. The predicted molar refractivity (Wildman–Crippen MR) is 59.7 cm³/mol. The Balaban J connectivity index is 2.47. The quantitative estimate of drug-likeness (QED) is 0.600. The zero-order valence-electron chi connectivity index (χ0n) is 10.1. The summed E-state index contributed by atoms with van der Waals surface area (Å²) < 4.78 is 0. The molecule has 0 heteroatoms. The van der Waals surface area contributed by atoms with Crippen molar-refractivity contribution in [2.45, 2.75) is 60.3 Å². The molecule has 13 heavy (non-hydrogen) atoms. The Morgan fingerprint density at radius 3 is 2.23 bits per heavy atom. The molecule has 1 aliphatic rings. The third kappa shape index (κ3) is 2.27. The lowest BCUT2D eigenvalue weighted by molar-refractivity contribution is -0.00732. The van der Waals surface area contributed by atoms with E-state index >= 15 is 0 Å². The maximum absolute atomic E-state index is 2.51. The van der Waals surface area contributed by atoms with Crippen LogP contribution in [0.1, 0.15) is 60.3 Å². The van der Waals surface area contributed by atoms with E-state index in [0.717, 1.165) is 17.8 Å². The Morgan fingerprint density at radius 2 is 1.92 bits per heavy atom. The van der Waals surface area contributed by atoms with E-state index < -0.39 is 0 Å². The van der Waals surface area contributed by atoms with Crippen molar-refractivity contribution in [1.82, 2.24) is 0 Å². The largest absolute Gasteiger partial charge is 0.0651 e. The van der Waals surface area contributed by atoms with Crippen LogP contribution in [0.25, 0.3) is 0 Å². The van der Waals surface area contributed by atoms with E-state index in [1.807, 2.05) is 0 Å². The van der Waals surface area contributed by atoms with E-state index in [9.17, 15) is 0 Å². The Kier molecular flexibility index (Phi) is 3.43. The van der Waals surface area contributed by atoms with E-state index in [1.165, 1.54) is 25.7 Å². The van der Waals surface area contributed by atoms with Gasteiger partial charge in [0.1, 0.15) is 0 Å². The van der Waals surface area contributed by atoms with Gasteiger partial charge in [-0.3, -0.25) is 0 Å². The highest BCUT2D eigenvalue weighted by molar-refractivity contribution is 4.94. The van der Waals surface area contributed by atoms with Crippen molar-refractivity contribution in [2.75, 3.05) is 0 Å². The van der Waals surface area contributed by atoms with Crippen LogP contribution in [0.15, 0.2) is 0 Å². The van der Waals surface area contributed by atoms with Gasteiger partial charge in [-0.15, -0.1) is 0 Å². The summed E-state index contributed by atoms with van der Waals surface area (Å²) in [5, 5.41) is 0. The molecule has 78 valence electrons. The molecule has 0 heterocycles. The van der Waals surface area contributed by atoms with Gasteiger partial charge in [0, 0.05) is 0 Å². The highest BCUT2D eigenvalue weighted by Crippen LogP contribution is 2.53. The van der Waals surface area contributed by atoms with Gasteiger partial charge in [0.2, 0.25) is 0 Å². The van der Waals surface area contributed by atoms with Gasteiger partial charge in [-0.1, -0.05) is 41.0 Å². The van der Waals surface area contributed by atoms with Crippen molar-refractivity contribution < 1.29 is 0 Å². The molecule has 1 aliphatic carbocycles. The van der Waals surface area contributed by atoms with Gasteiger partial charge >= 0.3 is 0 Å². The Hall–Kier alpha value is 0. The molecule has 0 saturated heterocycles. The second-order valence-electron chi connectivity index (χ2n) is 5.76. The van der Waals surface area contributed by atoms with Gasteiger partial charge < -0.3 is 0 Å². The molecule has 0 aromatic heterocycles. The van der Waals surface area contributed by atoms with E-state index in [-0.39, 0.29) is 0 Å². The molecule has 0 radical (unpaired) electrons. The van der Waals surface area contributed by atoms with Crippen LogP contribution >= 0.6 is 0 Å². The molecule has 1 rings (SSSR count). The molecule has 3 unspecified atom stereocenters. The van der Waals surface area contributed by atoms with Crippen LogP contribution in [0.5, 0.6) is 0 Å². The topological polar surface area (TPSA) is 0 Å². The number of hydrogen-bond acceptors (Lipinski definition) is 0. The molecule has 3 atom stereocenters. The lowest BCUT2D eigenvalue weighted by Gasteiger charge is -2.51. The second-order valence-corrected chi connectivity index (χ2v) is 5.76. The maximum atomic E-state index is 2.51. The van der Waals surface area contributed by atoms with Crippen LogP contribution in [0.3, 0.4) is 0 Å². The van der Waals surface area contributed by atoms with E-state index in [4.69, 9.17) is 0 Å². The van der Waals surface area contributed by atoms with Crippen LogP contribution in [0, 0.1) is 23.2 Å². The zero-order chi connectivity index (χ0) is 10.1. The minimum Gasteiger partial charge on any atom is -0.0651 e.